The Morgan fingerprint density at radius 2 is 2.21 bits per heavy atom. The standard InChI is InChI=1S/C21H37N5O2S/c1-6-22-19(24-12-10-18-15-29-16(2)25-18)23-11-9-17-8-7-13-26(14-17)20(27)28-21(3,4)5/h15,17H,6-14H2,1-5H3,(H2,22,23,24). The maximum atomic E-state index is 12.3. The molecular formula is C21H37N5O2S. The van der Waals surface area contributed by atoms with E-state index in [1.165, 1.54) is 0 Å². The minimum absolute atomic E-state index is 0.196. The molecular weight excluding hydrogens is 386 g/mol. The van der Waals surface area contributed by atoms with E-state index in [2.05, 4.69) is 27.9 Å². The van der Waals surface area contributed by atoms with Crippen LogP contribution < -0.4 is 10.6 Å². The van der Waals surface area contributed by atoms with E-state index in [0.717, 1.165) is 75.1 Å². The Kier molecular flexibility index (Phi) is 9.20. The van der Waals surface area contributed by atoms with E-state index in [1.807, 2.05) is 32.6 Å². The van der Waals surface area contributed by atoms with Crippen LogP contribution in [0.2, 0.25) is 0 Å². The number of amides is 1. The van der Waals surface area contributed by atoms with Gasteiger partial charge < -0.3 is 20.3 Å². The molecule has 8 heteroatoms. The molecule has 1 unspecified atom stereocenters. The summed E-state index contributed by atoms with van der Waals surface area (Å²) in [6.45, 7) is 13.8. The zero-order valence-corrected chi connectivity index (χ0v) is 19.4. The number of rotatable bonds is 7. The maximum Gasteiger partial charge on any atom is 0.410 e. The van der Waals surface area contributed by atoms with Crippen LogP contribution in [0, 0.1) is 12.8 Å². The highest BCUT2D eigenvalue weighted by Gasteiger charge is 2.27. The van der Waals surface area contributed by atoms with Gasteiger partial charge in [-0.05, 0) is 59.8 Å². The van der Waals surface area contributed by atoms with Crippen LogP contribution in [0.5, 0.6) is 0 Å². The van der Waals surface area contributed by atoms with Crippen LogP contribution in [0.25, 0.3) is 0 Å². The molecule has 2 N–H and O–H groups in total. The molecule has 0 bridgehead atoms. The molecule has 1 saturated heterocycles. The van der Waals surface area contributed by atoms with Gasteiger partial charge in [0.25, 0.3) is 0 Å². The summed E-state index contributed by atoms with van der Waals surface area (Å²) in [4.78, 5) is 23.4. The van der Waals surface area contributed by atoms with Gasteiger partial charge in [0.05, 0.1) is 10.7 Å². The van der Waals surface area contributed by atoms with Gasteiger partial charge >= 0.3 is 6.09 Å². The van der Waals surface area contributed by atoms with Gasteiger partial charge in [-0.1, -0.05) is 0 Å². The SMILES string of the molecule is CCNC(=NCCC1CCCN(C(=O)OC(C)(C)C)C1)NCCc1csc(C)n1. The zero-order valence-electron chi connectivity index (χ0n) is 18.6. The highest BCUT2D eigenvalue weighted by molar-refractivity contribution is 7.09. The van der Waals surface area contributed by atoms with Crippen molar-refractivity contribution in [2.75, 3.05) is 32.7 Å². The van der Waals surface area contributed by atoms with E-state index >= 15 is 0 Å². The molecule has 164 valence electrons. The first-order chi connectivity index (χ1) is 13.8. The number of guanidine groups is 1. The Balaban J connectivity index is 1.76. The molecule has 2 heterocycles. The molecule has 0 aromatic carbocycles. The van der Waals surface area contributed by atoms with Gasteiger partial charge in [0.1, 0.15) is 5.60 Å². The fraction of sp³-hybridized carbons (Fsp3) is 0.762. The Morgan fingerprint density at radius 3 is 2.86 bits per heavy atom. The average molecular weight is 424 g/mol. The van der Waals surface area contributed by atoms with Crippen molar-refractivity contribution in [1.29, 1.82) is 0 Å². The van der Waals surface area contributed by atoms with Gasteiger partial charge in [-0.2, -0.15) is 0 Å². The summed E-state index contributed by atoms with van der Waals surface area (Å²) in [5, 5.41) is 9.91. The number of nitrogens with one attached hydrogen (secondary N) is 2. The smallest absolute Gasteiger partial charge is 0.410 e. The van der Waals surface area contributed by atoms with E-state index in [-0.39, 0.29) is 6.09 Å². The van der Waals surface area contributed by atoms with E-state index in [9.17, 15) is 4.79 Å². The summed E-state index contributed by atoms with van der Waals surface area (Å²) in [5.41, 5.74) is 0.679. The zero-order chi connectivity index (χ0) is 21.3. The Labute approximate surface area is 179 Å². The average Bonchev–Trinajstić information content (AvgIpc) is 3.06. The first-order valence-electron chi connectivity index (χ1n) is 10.7. The third-order valence-electron chi connectivity index (χ3n) is 4.66. The van der Waals surface area contributed by atoms with Crippen LogP contribution in [-0.2, 0) is 11.2 Å². The lowest BCUT2D eigenvalue weighted by Crippen LogP contribution is -2.43. The van der Waals surface area contributed by atoms with Crippen molar-refractivity contribution in [2.45, 2.75) is 65.9 Å². The first kappa shape index (κ1) is 23.4. The van der Waals surface area contributed by atoms with Gasteiger partial charge in [-0.3, -0.25) is 4.99 Å². The van der Waals surface area contributed by atoms with Crippen molar-refractivity contribution in [1.82, 2.24) is 20.5 Å². The molecule has 1 aliphatic heterocycles. The van der Waals surface area contributed by atoms with Crippen LogP contribution >= 0.6 is 11.3 Å². The summed E-state index contributed by atoms with van der Waals surface area (Å²) < 4.78 is 5.52. The highest BCUT2D eigenvalue weighted by atomic mass is 32.1. The van der Waals surface area contributed by atoms with Gasteiger partial charge in [-0.25, -0.2) is 9.78 Å². The number of aromatic nitrogens is 1. The Hall–Kier alpha value is -1.83. The molecule has 29 heavy (non-hydrogen) atoms. The van der Waals surface area contributed by atoms with Crippen molar-refractivity contribution in [3.8, 4) is 0 Å². The van der Waals surface area contributed by atoms with Crippen molar-refractivity contribution < 1.29 is 9.53 Å². The number of hydrogen-bond acceptors (Lipinski definition) is 5. The van der Waals surface area contributed by atoms with E-state index < -0.39 is 5.60 Å². The topological polar surface area (TPSA) is 78.9 Å². The lowest BCUT2D eigenvalue weighted by atomic mass is 9.95. The highest BCUT2D eigenvalue weighted by Crippen LogP contribution is 2.21. The number of thiazole rings is 1. The fourth-order valence-corrected chi connectivity index (χ4v) is 3.97. The van der Waals surface area contributed by atoms with Crippen LogP contribution in [0.3, 0.4) is 0 Å². The molecule has 0 spiro atoms. The van der Waals surface area contributed by atoms with Gasteiger partial charge in [0.15, 0.2) is 5.96 Å². The molecule has 0 radical (unpaired) electrons. The van der Waals surface area contributed by atoms with Crippen molar-refractivity contribution in [3.05, 3.63) is 16.1 Å². The van der Waals surface area contributed by atoms with E-state index in [0.29, 0.717) is 5.92 Å². The molecule has 1 aromatic heterocycles. The molecule has 1 aromatic rings. The summed E-state index contributed by atoms with van der Waals surface area (Å²) in [7, 11) is 0. The number of aryl methyl sites for hydroxylation is 1. The Bertz CT molecular complexity index is 668. The normalized spacial score (nSPS) is 17.9. The number of hydrogen-bond donors (Lipinski definition) is 2. The van der Waals surface area contributed by atoms with Crippen molar-refractivity contribution >= 4 is 23.4 Å². The predicted molar refractivity (Wildman–Crippen MR) is 120 cm³/mol. The number of piperidine rings is 1. The fourth-order valence-electron chi connectivity index (χ4n) is 3.33. The molecule has 0 saturated carbocycles. The molecule has 7 nitrogen and oxygen atoms in total. The van der Waals surface area contributed by atoms with Crippen LogP contribution in [0.1, 0.15) is 57.7 Å². The van der Waals surface area contributed by atoms with Crippen molar-refractivity contribution in [3.63, 3.8) is 0 Å². The van der Waals surface area contributed by atoms with Crippen molar-refractivity contribution in [2.24, 2.45) is 10.9 Å². The second-order valence-corrected chi connectivity index (χ2v) is 9.58. The third-order valence-corrected chi connectivity index (χ3v) is 5.48. The Morgan fingerprint density at radius 1 is 1.41 bits per heavy atom. The van der Waals surface area contributed by atoms with E-state index in [4.69, 9.17) is 9.73 Å². The number of carbonyl (C=O) groups is 1. The molecule has 0 aliphatic carbocycles. The maximum absolute atomic E-state index is 12.3. The molecule has 1 aliphatic rings. The number of carbonyl (C=O) groups excluding carboxylic acids is 1. The van der Waals surface area contributed by atoms with Gasteiger partial charge in [-0.15, -0.1) is 11.3 Å². The largest absolute Gasteiger partial charge is 0.444 e. The molecule has 1 amide bonds. The summed E-state index contributed by atoms with van der Waals surface area (Å²) >= 11 is 1.69. The lowest BCUT2D eigenvalue weighted by Gasteiger charge is -2.34. The minimum atomic E-state index is -0.446. The van der Waals surface area contributed by atoms with Gasteiger partial charge in [0, 0.05) is 44.5 Å². The minimum Gasteiger partial charge on any atom is -0.444 e. The summed E-state index contributed by atoms with van der Waals surface area (Å²) in [5.74, 6) is 1.32. The monoisotopic (exact) mass is 423 g/mol. The van der Waals surface area contributed by atoms with Crippen LogP contribution in [0.4, 0.5) is 4.79 Å². The first-order valence-corrected chi connectivity index (χ1v) is 11.6. The second-order valence-electron chi connectivity index (χ2n) is 8.52. The summed E-state index contributed by atoms with van der Waals surface area (Å²) in [6, 6.07) is 0. The molecule has 2 rings (SSSR count). The molecule has 1 atom stereocenters. The van der Waals surface area contributed by atoms with Crippen LogP contribution in [0.15, 0.2) is 10.4 Å². The second kappa shape index (κ2) is 11.4. The molecule has 1 fully saturated rings. The summed E-state index contributed by atoms with van der Waals surface area (Å²) in [6.07, 6.45) is 3.84. The number of ether oxygens (including phenoxy) is 1. The number of nitrogens with zero attached hydrogens (tertiary/aromatic N) is 3. The third kappa shape index (κ3) is 9.02. The van der Waals surface area contributed by atoms with Gasteiger partial charge in [0.2, 0.25) is 0 Å². The predicted octanol–water partition coefficient (Wildman–Crippen LogP) is 3.59. The number of aliphatic imine (C=N–C) groups is 1. The lowest BCUT2D eigenvalue weighted by molar-refractivity contribution is 0.0163. The number of likely N-dealkylation sites (tertiary alicyclic amines) is 1. The van der Waals surface area contributed by atoms with Crippen LogP contribution in [-0.4, -0.2) is 60.3 Å². The quantitative estimate of drug-likeness (QED) is 0.518. The van der Waals surface area contributed by atoms with E-state index in [1.54, 1.807) is 11.3 Å².